The second kappa shape index (κ2) is 10.2. The monoisotopic (exact) mass is 396 g/mol. The zero-order valence-corrected chi connectivity index (χ0v) is 19.1. The molecule has 0 fully saturated rings. The van der Waals surface area contributed by atoms with E-state index in [0.29, 0.717) is 12.5 Å². The van der Waals surface area contributed by atoms with E-state index >= 15 is 0 Å². The van der Waals surface area contributed by atoms with Crippen LogP contribution in [-0.2, 0) is 4.43 Å². The summed E-state index contributed by atoms with van der Waals surface area (Å²) in [5.74, 6) is 0.334. The average Bonchev–Trinajstić information content (AvgIpc) is 2.67. The van der Waals surface area contributed by atoms with Crippen molar-refractivity contribution in [3.05, 3.63) is 72.3 Å². The highest BCUT2D eigenvalue weighted by Crippen LogP contribution is 2.37. The van der Waals surface area contributed by atoms with Gasteiger partial charge in [-0.25, -0.2) is 0 Å². The molecule has 2 aromatic carbocycles. The minimum Gasteiger partial charge on any atom is -0.407 e. The molecule has 1 atom stereocenters. The first kappa shape index (κ1) is 22.6. The Morgan fingerprint density at radius 2 is 1.50 bits per heavy atom. The van der Waals surface area contributed by atoms with E-state index in [1.807, 2.05) is 0 Å². The van der Waals surface area contributed by atoms with Crippen LogP contribution in [-0.4, -0.2) is 26.6 Å². The smallest absolute Gasteiger partial charge is 0.261 e. The molecule has 2 rings (SSSR count). The van der Waals surface area contributed by atoms with Crippen LogP contribution in [0, 0.1) is 5.92 Å². The van der Waals surface area contributed by atoms with Crippen LogP contribution in [0.1, 0.15) is 47.5 Å². The molecule has 152 valence electrons. The lowest BCUT2D eigenvalue weighted by atomic mass is 10.1. The van der Waals surface area contributed by atoms with Crippen LogP contribution in [0.2, 0.25) is 5.04 Å². The highest BCUT2D eigenvalue weighted by Gasteiger charge is 2.50. The van der Waals surface area contributed by atoms with E-state index in [1.165, 1.54) is 15.9 Å². The van der Waals surface area contributed by atoms with Crippen LogP contribution in [0.5, 0.6) is 0 Å². The highest BCUT2D eigenvalue weighted by molar-refractivity contribution is 6.99. The molecule has 0 aliphatic carbocycles. The maximum Gasteiger partial charge on any atom is 0.261 e. The second-order valence-electron chi connectivity index (χ2n) is 8.79. The largest absolute Gasteiger partial charge is 0.407 e. The van der Waals surface area contributed by atoms with Crippen molar-refractivity contribution in [2.45, 2.75) is 52.5 Å². The molecule has 0 aliphatic heterocycles. The van der Waals surface area contributed by atoms with Crippen molar-refractivity contribution in [2.75, 3.05) is 13.2 Å². The molecule has 28 heavy (non-hydrogen) atoms. The summed E-state index contributed by atoms with van der Waals surface area (Å²) in [4.78, 5) is 0. The molecule has 0 amide bonds. The number of hydrogen-bond acceptors (Lipinski definition) is 2. The molecule has 0 aromatic heterocycles. The number of rotatable bonds is 9. The van der Waals surface area contributed by atoms with Crippen molar-refractivity contribution in [2.24, 2.45) is 5.92 Å². The summed E-state index contributed by atoms with van der Waals surface area (Å²) in [6.45, 7) is 12.3. The Balaban J connectivity index is 2.39. The molecule has 3 heteroatoms. The lowest BCUT2D eigenvalue weighted by Gasteiger charge is -2.43. The maximum atomic E-state index is 9.05. The highest BCUT2D eigenvalue weighted by atomic mass is 28.4. The zero-order valence-electron chi connectivity index (χ0n) is 18.1. The minimum absolute atomic E-state index is 0.00503. The van der Waals surface area contributed by atoms with Gasteiger partial charge in [0.2, 0.25) is 0 Å². The minimum atomic E-state index is -2.46. The summed E-state index contributed by atoms with van der Waals surface area (Å²) in [6, 6.07) is 21.6. The van der Waals surface area contributed by atoms with Crippen molar-refractivity contribution in [1.29, 1.82) is 0 Å². The van der Waals surface area contributed by atoms with Crippen molar-refractivity contribution in [3.8, 4) is 0 Å². The van der Waals surface area contributed by atoms with Gasteiger partial charge in [-0.2, -0.15) is 0 Å². The fourth-order valence-corrected chi connectivity index (χ4v) is 8.66. The van der Waals surface area contributed by atoms with Crippen molar-refractivity contribution in [1.82, 2.24) is 0 Å². The van der Waals surface area contributed by atoms with Crippen LogP contribution in [0.15, 0.2) is 72.3 Å². The molecular formula is C25H36O2Si. The third kappa shape index (κ3) is 5.44. The summed E-state index contributed by atoms with van der Waals surface area (Å²) >= 11 is 0. The number of allylic oxidation sites excluding steroid dienone is 1. The summed E-state index contributed by atoms with van der Waals surface area (Å²) < 4.78 is 6.98. The van der Waals surface area contributed by atoms with Gasteiger partial charge in [0.05, 0.1) is 0 Å². The Morgan fingerprint density at radius 3 is 1.93 bits per heavy atom. The number of aliphatic hydroxyl groups is 1. The molecule has 1 N–H and O–H groups in total. The average molecular weight is 397 g/mol. The van der Waals surface area contributed by atoms with Crippen LogP contribution in [0.3, 0.4) is 0 Å². The van der Waals surface area contributed by atoms with Gasteiger partial charge in [0.25, 0.3) is 8.32 Å². The molecular weight excluding hydrogens is 360 g/mol. The molecule has 0 spiro atoms. The van der Waals surface area contributed by atoms with Gasteiger partial charge >= 0.3 is 0 Å². The zero-order chi connectivity index (χ0) is 20.6. The van der Waals surface area contributed by atoms with E-state index in [0.717, 1.165) is 12.8 Å². The van der Waals surface area contributed by atoms with E-state index < -0.39 is 8.32 Å². The maximum absolute atomic E-state index is 9.05. The van der Waals surface area contributed by atoms with Crippen molar-refractivity contribution >= 4 is 18.7 Å². The molecule has 0 bridgehead atoms. The summed E-state index contributed by atoms with van der Waals surface area (Å²) in [5.41, 5.74) is 1.33. The van der Waals surface area contributed by atoms with Crippen LogP contribution < -0.4 is 10.4 Å². The molecule has 0 aliphatic rings. The lowest BCUT2D eigenvalue weighted by molar-refractivity contribution is 0.266. The lowest BCUT2D eigenvalue weighted by Crippen LogP contribution is -2.66. The first-order chi connectivity index (χ1) is 13.3. The Kier molecular flexibility index (Phi) is 8.23. The van der Waals surface area contributed by atoms with Gasteiger partial charge < -0.3 is 9.53 Å². The topological polar surface area (TPSA) is 29.5 Å². The van der Waals surface area contributed by atoms with Crippen LogP contribution in [0.25, 0.3) is 0 Å². The Bertz CT molecular complexity index is 693. The molecule has 0 saturated carbocycles. The number of hydrogen-bond donors (Lipinski definition) is 1. The van der Waals surface area contributed by atoms with Crippen LogP contribution >= 0.6 is 0 Å². The fraction of sp³-hybridized carbons (Fsp3) is 0.440. The first-order valence-corrected chi connectivity index (χ1v) is 12.2. The number of benzene rings is 2. The normalized spacial score (nSPS) is 14.1. The summed E-state index contributed by atoms with van der Waals surface area (Å²) in [5, 5.41) is 11.7. The van der Waals surface area contributed by atoms with E-state index in [-0.39, 0.29) is 11.6 Å². The van der Waals surface area contributed by atoms with E-state index in [4.69, 9.17) is 9.53 Å². The van der Waals surface area contributed by atoms with Gasteiger partial charge in [0, 0.05) is 13.2 Å². The van der Waals surface area contributed by atoms with Gasteiger partial charge in [-0.1, -0.05) is 100 Å². The van der Waals surface area contributed by atoms with Crippen molar-refractivity contribution in [3.63, 3.8) is 0 Å². The third-order valence-corrected chi connectivity index (χ3v) is 10.3. The number of aliphatic hydroxyl groups excluding tert-OH is 1. The second-order valence-corrected chi connectivity index (χ2v) is 13.1. The quantitative estimate of drug-likeness (QED) is 0.482. The summed E-state index contributed by atoms with van der Waals surface area (Å²) in [6.07, 6.45) is 4.07. The van der Waals surface area contributed by atoms with Crippen molar-refractivity contribution < 1.29 is 9.53 Å². The first-order valence-electron chi connectivity index (χ1n) is 10.3. The predicted octanol–water partition coefficient (Wildman–Crippen LogP) is 4.92. The SMILES string of the molecule is C/C(=C/[C@@H](C)CO[Si](c1ccccc1)(c1ccccc1)C(C)(C)C)CCCO. The van der Waals surface area contributed by atoms with Crippen LogP contribution in [0.4, 0.5) is 0 Å². The van der Waals surface area contributed by atoms with Gasteiger partial charge in [0.15, 0.2) is 0 Å². The van der Waals surface area contributed by atoms with Gasteiger partial charge in [-0.3, -0.25) is 0 Å². The summed E-state index contributed by atoms with van der Waals surface area (Å²) in [7, 11) is -2.46. The van der Waals surface area contributed by atoms with E-state index in [2.05, 4.69) is 101 Å². The fourth-order valence-electron chi connectivity index (χ4n) is 3.99. The predicted molar refractivity (Wildman–Crippen MR) is 123 cm³/mol. The molecule has 0 saturated heterocycles. The Morgan fingerprint density at radius 1 is 1.00 bits per heavy atom. The third-order valence-electron chi connectivity index (χ3n) is 5.28. The molecule has 0 heterocycles. The van der Waals surface area contributed by atoms with Gasteiger partial charge in [0.1, 0.15) is 0 Å². The Hall–Kier alpha value is -1.68. The molecule has 2 aromatic rings. The van der Waals surface area contributed by atoms with E-state index in [9.17, 15) is 0 Å². The van der Waals surface area contributed by atoms with Gasteiger partial charge in [-0.05, 0) is 41.1 Å². The molecule has 0 unspecified atom stereocenters. The van der Waals surface area contributed by atoms with Gasteiger partial charge in [-0.15, -0.1) is 0 Å². The van der Waals surface area contributed by atoms with E-state index in [1.54, 1.807) is 0 Å². The molecule has 0 radical (unpaired) electrons. The standard InChI is InChI=1S/C25H36O2Si/c1-21(13-12-18-26)19-22(2)20-27-28(25(3,4)5,23-14-8-6-9-15-23)24-16-10-7-11-17-24/h6-11,14-17,19,22,26H,12-13,18,20H2,1-5H3/b21-19-/t22-/m1/s1. The molecule has 2 nitrogen and oxygen atoms in total. The Labute approximate surface area is 172 Å².